The van der Waals surface area contributed by atoms with E-state index in [-0.39, 0.29) is 0 Å². The van der Waals surface area contributed by atoms with Crippen molar-refractivity contribution in [2.75, 3.05) is 6.61 Å². The molecule has 5 heteroatoms. The SMILES string of the molecule is CCOc1ccccc1-c1nc(Cn2ccnc2)co1. The highest BCUT2D eigenvalue weighted by Crippen LogP contribution is 2.29. The first-order valence-corrected chi connectivity index (χ1v) is 6.49. The van der Waals surface area contributed by atoms with Gasteiger partial charge in [0.1, 0.15) is 12.0 Å². The molecule has 0 radical (unpaired) electrons. The van der Waals surface area contributed by atoms with Gasteiger partial charge in [0.05, 0.1) is 30.7 Å². The maximum atomic E-state index is 5.59. The number of oxazole rings is 1. The lowest BCUT2D eigenvalue weighted by atomic mass is 10.2. The zero-order chi connectivity index (χ0) is 13.8. The zero-order valence-corrected chi connectivity index (χ0v) is 11.2. The van der Waals surface area contributed by atoms with E-state index in [0.29, 0.717) is 19.0 Å². The monoisotopic (exact) mass is 269 g/mol. The second-order valence-corrected chi connectivity index (χ2v) is 4.31. The maximum Gasteiger partial charge on any atom is 0.229 e. The van der Waals surface area contributed by atoms with Crippen LogP contribution in [0.2, 0.25) is 0 Å². The second kappa shape index (κ2) is 5.61. The highest BCUT2D eigenvalue weighted by molar-refractivity contribution is 5.62. The molecule has 3 aromatic rings. The molecule has 2 aromatic heterocycles. The van der Waals surface area contributed by atoms with Crippen molar-refractivity contribution in [1.29, 1.82) is 0 Å². The van der Waals surface area contributed by atoms with Crippen molar-refractivity contribution >= 4 is 0 Å². The minimum Gasteiger partial charge on any atom is -0.493 e. The molecule has 5 nitrogen and oxygen atoms in total. The number of hydrogen-bond donors (Lipinski definition) is 0. The quantitative estimate of drug-likeness (QED) is 0.714. The molecule has 0 aliphatic heterocycles. The smallest absolute Gasteiger partial charge is 0.229 e. The van der Waals surface area contributed by atoms with Crippen molar-refractivity contribution in [3.05, 3.63) is 54.9 Å². The highest BCUT2D eigenvalue weighted by Gasteiger charge is 2.12. The Labute approximate surface area is 116 Å². The molecule has 0 unspecified atom stereocenters. The largest absolute Gasteiger partial charge is 0.493 e. The highest BCUT2D eigenvalue weighted by atomic mass is 16.5. The van der Waals surface area contributed by atoms with Crippen molar-refractivity contribution in [2.45, 2.75) is 13.5 Å². The van der Waals surface area contributed by atoms with Gasteiger partial charge in [0.15, 0.2) is 0 Å². The number of hydrogen-bond acceptors (Lipinski definition) is 4. The lowest BCUT2D eigenvalue weighted by Crippen LogP contribution is -1.97. The maximum absolute atomic E-state index is 5.59. The fourth-order valence-electron chi connectivity index (χ4n) is 2.00. The molecule has 102 valence electrons. The first kappa shape index (κ1) is 12.5. The van der Waals surface area contributed by atoms with Gasteiger partial charge in [-0.15, -0.1) is 0 Å². The van der Waals surface area contributed by atoms with Gasteiger partial charge in [0.25, 0.3) is 0 Å². The van der Waals surface area contributed by atoms with E-state index < -0.39 is 0 Å². The predicted molar refractivity (Wildman–Crippen MR) is 74.4 cm³/mol. The van der Waals surface area contributed by atoms with E-state index in [1.165, 1.54) is 0 Å². The Morgan fingerprint density at radius 3 is 3.00 bits per heavy atom. The normalized spacial score (nSPS) is 10.7. The molecule has 2 heterocycles. The van der Waals surface area contributed by atoms with E-state index in [4.69, 9.17) is 9.15 Å². The average molecular weight is 269 g/mol. The number of imidazole rings is 1. The van der Waals surface area contributed by atoms with Crippen LogP contribution in [0.4, 0.5) is 0 Å². The summed E-state index contributed by atoms with van der Waals surface area (Å²) in [7, 11) is 0. The van der Waals surface area contributed by atoms with Gasteiger partial charge in [-0.25, -0.2) is 9.97 Å². The number of benzene rings is 1. The van der Waals surface area contributed by atoms with Crippen LogP contribution in [0, 0.1) is 0 Å². The van der Waals surface area contributed by atoms with Crippen LogP contribution >= 0.6 is 0 Å². The summed E-state index contributed by atoms with van der Waals surface area (Å²) in [5.74, 6) is 1.36. The van der Waals surface area contributed by atoms with Gasteiger partial charge in [0, 0.05) is 12.4 Å². The Bertz CT molecular complexity index is 674. The molecular formula is C15H15N3O2. The molecular weight excluding hydrogens is 254 g/mol. The van der Waals surface area contributed by atoms with Crippen LogP contribution in [-0.4, -0.2) is 21.1 Å². The molecule has 0 N–H and O–H groups in total. The molecule has 0 saturated heterocycles. The van der Waals surface area contributed by atoms with Crippen LogP contribution in [0.15, 0.2) is 53.7 Å². The van der Waals surface area contributed by atoms with Crippen LogP contribution in [-0.2, 0) is 6.54 Å². The summed E-state index contributed by atoms with van der Waals surface area (Å²) < 4.78 is 13.1. The van der Waals surface area contributed by atoms with Gasteiger partial charge >= 0.3 is 0 Å². The second-order valence-electron chi connectivity index (χ2n) is 4.31. The third kappa shape index (κ3) is 2.56. The van der Waals surface area contributed by atoms with Crippen molar-refractivity contribution in [2.24, 2.45) is 0 Å². The minimum absolute atomic E-state index is 0.573. The lowest BCUT2D eigenvalue weighted by Gasteiger charge is -2.06. The van der Waals surface area contributed by atoms with Crippen molar-refractivity contribution in [1.82, 2.24) is 14.5 Å². The van der Waals surface area contributed by atoms with E-state index in [9.17, 15) is 0 Å². The Kier molecular flexibility index (Phi) is 3.50. The van der Waals surface area contributed by atoms with Gasteiger partial charge in [-0.2, -0.15) is 0 Å². The topological polar surface area (TPSA) is 53.1 Å². The molecule has 0 saturated carbocycles. The summed E-state index contributed by atoms with van der Waals surface area (Å²) in [6, 6.07) is 7.73. The van der Waals surface area contributed by atoms with Crippen LogP contribution < -0.4 is 4.74 Å². The number of ether oxygens (including phenoxy) is 1. The first-order valence-electron chi connectivity index (χ1n) is 6.49. The summed E-state index contributed by atoms with van der Waals surface area (Å²) in [6.07, 6.45) is 7.05. The minimum atomic E-state index is 0.573. The van der Waals surface area contributed by atoms with E-state index in [0.717, 1.165) is 17.0 Å². The molecule has 0 atom stereocenters. The Balaban J connectivity index is 1.86. The van der Waals surface area contributed by atoms with Gasteiger partial charge in [-0.05, 0) is 19.1 Å². The summed E-state index contributed by atoms with van der Waals surface area (Å²) >= 11 is 0. The molecule has 1 aromatic carbocycles. The van der Waals surface area contributed by atoms with E-state index in [2.05, 4.69) is 9.97 Å². The molecule has 0 amide bonds. The van der Waals surface area contributed by atoms with Crippen LogP contribution in [0.25, 0.3) is 11.5 Å². The standard InChI is InChI=1S/C15H15N3O2/c1-2-19-14-6-4-3-5-13(14)15-17-12(10-20-15)9-18-8-7-16-11-18/h3-8,10-11H,2,9H2,1H3. The van der Waals surface area contributed by atoms with Gasteiger partial charge in [0.2, 0.25) is 5.89 Å². The Morgan fingerprint density at radius 1 is 1.30 bits per heavy atom. The predicted octanol–water partition coefficient (Wildman–Crippen LogP) is 2.99. The molecule has 3 rings (SSSR count). The Morgan fingerprint density at radius 2 is 2.20 bits per heavy atom. The van der Waals surface area contributed by atoms with Gasteiger partial charge in [-0.1, -0.05) is 12.1 Å². The molecule has 0 fully saturated rings. The summed E-state index contributed by atoms with van der Waals surface area (Å²) in [6.45, 7) is 3.21. The van der Waals surface area contributed by atoms with Gasteiger partial charge in [-0.3, -0.25) is 0 Å². The molecule has 0 bridgehead atoms. The number of rotatable bonds is 5. The third-order valence-electron chi connectivity index (χ3n) is 2.87. The fourth-order valence-corrected chi connectivity index (χ4v) is 2.00. The van der Waals surface area contributed by atoms with Crippen molar-refractivity contribution in [3.63, 3.8) is 0 Å². The average Bonchev–Trinajstić information content (AvgIpc) is 3.12. The van der Waals surface area contributed by atoms with Gasteiger partial charge < -0.3 is 13.7 Å². The number of nitrogens with zero attached hydrogens (tertiary/aromatic N) is 3. The summed E-state index contributed by atoms with van der Waals surface area (Å²) in [5, 5.41) is 0. The first-order chi connectivity index (χ1) is 9.86. The van der Waals surface area contributed by atoms with E-state index in [1.807, 2.05) is 42.0 Å². The lowest BCUT2D eigenvalue weighted by molar-refractivity contribution is 0.340. The number of para-hydroxylation sites is 1. The van der Waals surface area contributed by atoms with Crippen LogP contribution in [0.5, 0.6) is 5.75 Å². The Hall–Kier alpha value is -2.56. The van der Waals surface area contributed by atoms with Crippen molar-refractivity contribution < 1.29 is 9.15 Å². The van der Waals surface area contributed by atoms with Crippen LogP contribution in [0.1, 0.15) is 12.6 Å². The molecule has 0 spiro atoms. The summed E-state index contributed by atoms with van der Waals surface area (Å²) in [5.41, 5.74) is 1.72. The fraction of sp³-hybridized carbons (Fsp3) is 0.200. The van der Waals surface area contributed by atoms with Crippen molar-refractivity contribution in [3.8, 4) is 17.2 Å². The third-order valence-corrected chi connectivity index (χ3v) is 2.87. The number of aromatic nitrogens is 3. The molecule has 0 aliphatic rings. The zero-order valence-electron chi connectivity index (χ0n) is 11.2. The van der Waals surface area contributed by atoms with Crippen LogP contribution in [0.3, 0.4) is 0 Å². The molecule has 20 heavy (non-hydrogen) atoms. The summed E-state index contributed by atoms with van der Waals surface area (Å²) in [4.78, 5) is 8.51. The van der Waals surface area contributed by atoms with E-state index in [1.54, 1.807) is 18.8 Å². The van der Waals surface area contributed by atoms with E-state index >= 15 is 0 Å². The molecule has 0 aliphatic carbocycles.